The number of rotatable bonds is 1. The third-order valence-electron chi connectivity index (χ3n) is 2.81. The van der Waals surface area contributed by atoms with Crippen molar-refractivity contribution in [1.82, 2.24) is 4.90 Å². The minimum atomic E-state index is -0.0606. The van der Waals surface area contributed by atoms with Gasteiger partial charge >= 0.3 is 6.03 Å². The molecular weight excluding hydrogens is 284 g/mol. The molecule has 1 aromatic rings. The number of hydrogen-bond donors (Lipinski definition) is 1. The molecule has 4 nitrogen and oxygen atoms in total. The summed E-state index contributed by atoms with van der Waals surface area (Å²) in [5.74, 6) is 0. The topological polar surface area (TPSA) is 41.6 Å². The van der Waals surface area contributed by atoms with Crippen LogP contribution in [0.3, 0.4) is 0 Å². The molecule has 1 N–H and O–H groups in total. The fourth-order valence-corrected chi connectivity index (χ4v) is 2.07. The Hall–Kier alpha value is -1.07. The Morgan fingerprint density at radius 2 is 2.12 bits per heavy atom. The standard InChI is InChI=1S/C12H15BrN2O2/c1-9-10(13)3-2-4-11(9)14-12(16)15-5-7-17-8-6-15/h2-4H,5-8H2,1H3,(H,14,16). The lowest BCUT2D eigenvalue weighted by Crippen LogP contribution is -2.43. The van der Waals surface area contributed by atoms with E-state index in [1.807, 2.05) is 25.1 Å². The second-order valence-electron chi connectivity index (χ2n) is 3.94. The van der Waals surface area contributed by atoms with Gasteiger partial charge in [-0.25, -0.2) is 4.79 Å². The molecule has 0 aromatic heterocycles. The van der Waals surface area contributed by atoms with Crippen LogP contribution < -0.4 is 5.32 Å². The maximum absolute atomic E-state index is 12.0. The highest BCUT2D eigenvalue weighted by molar-refractivity contribution is 9.10. The number of nitrogens with one attached hydrogen (secondary N) is 1. The maximum Gasteiger partial charge on any atom is 0.322 e. The van der Waals surface area contributed by atoms with Crippen molar-refractivity contribution in [3.8, 4) is 0 Å². The largest absolute Gasteiger partial charge is 0.378 e. The van der Waals surface area contributed by atoms with Crippen LogP contribution >= 0.6 is 15.9 Å². The fraction of sp³-hybridized carbons (Fsp3) is 0.417. The van der Waals surface area contributed by atoms with Crippen LogP contribution in [0.2, 0.25) is 0 Å². The van der Waals surface area contributed by atoms with E-state index in [1.165, 1.54) is 0 Å². The molecule has 5 heteroatoms. The molecule has 0 radical (unpaired) electrons. The zero-order chi connectivity index (χ0) is 12.3. The first-order valence-electron chi connectivity index (χ1n) is 5.57. The summed E-state index contributed by atoms with van der Waals surface area (Å²) in [5, 5.41) is 2.92. The maximum atomic E-state index is 12.0. The van der Waals surface area contributed by atoms with Gasteiger partial charge in [0, 0.05) is 23.2 Å². The lowest BCUT2D eigenvalue weighted by molar-refractivity contribution is 0.0564. The van der Waals surface area contributed by atoms with Crippen LogP contribution in [0.1, 0.15) is 5.56 Å². The second-order valence-corrected chi connectivity index (χ2v) is 4.80. The van der Waals surface area contributed by atoms with Gasteiger partial charge in [0.15, 0.2) is 0 Å². The molecule has 1 aliphatic heterocycles. The van der Waals surface area contributed by atoms with Crippen LogP contribution in [0.25, 0.3) is 0 Å². The average molecular weight is 299 g/mol. The number of hydrogen-bond acceptors (Lipinski definition) is 2. The Kier molecular flexibility index (Phi) is 4.02. The highest BCUT2D eigenvalue weighted by Crippen LogP contribution is 2.23. The number of urea groups is 1. The molecule has 1 fully saturated rings. The molecule has 1 heterocycles. The van der Waals surface area contributed by atoms with Crippen molar-refractivity contribution in [1.29, 1.82) is 0 Å². The van der Waals surface area contributed by atoms with E-state index in [2.05, 4.69) is 21.2 Å². The number of anilines is 1. The summed E-state index contributed by atoms with van der Waals surface area (Å²) in [6.07, 6.45) is 0. The van der Waals surface area contributed by atoms with E-state index in [0.717, 1.165) is 15.7 Å². The predicted molar refractivity (Wildman–Crippen MR) is 70.3 cm³/mol. The van der Waals surface area contributed by atoms with Crippen molar-refractivity contribution in [2.45, 2.75) is 6.92 Å². The Bertz CT molecular complexity index is 417. The van der Waals surface area contributed by atoms with Gasteiger partial charge in [-0.2, -0.15) is 0 Å². The van der Waals surface area contributed by atoms with E-state index >= 15 is 0 Å². The zero-order valence-electron chi connectivity index (χ0n) is 9.70. The third kappa shape index (κ3) is 2.98. The number of carbonyl (C=O) groups excluding carboxylic acids is 1. The van der Waals surface area contributed by atoms with Gasteiger partial charge in [-0.15, -0.1) is 0 Å². The van der Waals surface area contributed by atoms with Crippen LogP contribution in [0, 0.1) is 6.92 Å². The van der Waals surface area contributed by atoms with E-state index in [9.17, 15) is 4.79 Å². The van der Waals surface area contributed by atoms with Gasteiger partial charge in [0.25, 0.3) is 0 Å². The second kappa shape index (κ2) is 5.51. The highest BCUT2D eigenvalue weighted by Gasteiger charge is 2.17. The SMILES string of the molecule is Cc1c(Br)cccc1NC(=O)N1CCOCC1. The number of halogens is 1. The Morgan fingerprint density at radius 3 is 2.82 bits per heavy atom. The molecule has 17 heavy (non-hydrogen) atoms. The number of nitrogens with zero attached hydrogens (tertiary/aromatic N) is 1. The van der Waals surface area contributed by atoms with Crippen molar-refractivity contribution >= 4 is 27.6 Å². The van der Waals surface area contributed by atoms with Gasteiger partial charge in [0.2, 0.25) is 0 Å². The van der Waals surface area contributed by atoms with E-state index < -0.39 is 0 Å². The number of carbonyl (C=O) groups is 1. The Balaban J connectivity index is 2.04. The van der Waals surface area contributed by atoms with Gasteiger partial charge in [-0.3, -0.25) is 0 Å². The fourth-order valence-electron chi connectivity index (χ4n) is 1.70. The molecule has 1 saturated heterocycles. The summed E-state index contributed by atoms with van der Waals surface area (Å²) < 4.78 is 6.21. The summed E-state index contributed by atoms with van der Waals surface area (Å²) in [7, 11) is 0. The normalized spacial score (nSPS) is 15.8. The average Bonchev–Trinajstić information content (AvgIpc) is 2.36. The molecular formula is C12H15BrN2O2. The molecule has 0 saturated carbocycles. The van der Waals surface area contributed by atoms with Crippen LogP contribution in [0.15, 0.2) is 22.7 Å². The van der Waals surface area contributed by atoms with E-state index in [0.29, 0.717) is 26.3 Å². The van der Waals surface area contributed by atoms with E-state index in [-0.39, 0.29) is 6.03 Å². The molecule has 0 aliphatic carbocycles. The van der Waals surface area contributed by atoms with E-state index in [4.69, 9.17) is 4.74 Å². The molecule has 0 bridgehead atoms. The molecule has 2 amide bonds. The first kappa shape index (κ1) is 12.4. The van der Waals surface area contributed by atoms with Crippen LogP contribution in [0.4, 0.5) is 10.5 Å². The first-order chi connectivity index (χ1) is 8.18. The molecule has 1 aliphatic rings. The minimum absolute atomic E-state index is 0.0606. The third-order valence-corrected chi connectivity index (χ3v) is 3.67. The van der Waals surface area contributed by atoms with Gasteiger partial charge < -0.3 is 15.0 Å². The molecule has 0 atom stereocenters. The molecule has 0 spiro atoms. The summed E-state index contributed by atoms with van der Waals surface area (Å²) in [6, 6.07) is 5.71. The number of amides is 2. The van der Waals surface area contributed by atoms with Crippen molar-refractivity contribution in [2.24, 2.45) is 0 Å². The first-order valence-corrected chi connectivity index (χ1v) is 6.36. The van der Waals surface area contributed by atoms with Gasteiger partial charge in [0.05, 0.1) is 13.2 Å². The summed E-state index contributed by atoms with van der Waals surface area (Å²) >= 11 is 3.45. The van der Waals surface area contributed by atoms with Crippen molar-refractivity contribution in [2.75, 3.05) is 31.6 Å². The lowest BCUT2D eigenvalue weighted by Gasteiger charge is -2.27. The molecule has 92 valence electrons. The van der Waals surface area contributed by atoms with Gasteiger partial charge in [0.1, 0.15) is 0 Å². The number of morpholine rings is 1. The van der Waals surface area contributed by atoms with Crippen molar-refractivity contribution in [3.05, 3.63) is 28.2 Å². The lowest BCUT2D eigenvalue weighted by atomic mass is 10.2. The van der Waals surface area contributed by atoms with Crippen LogP contribution in [-0.2, 0) is 4.74 Å². The monoisotopic (exact) mass is 298 g/mol. The van der Waals surface area contributed by atoms with Crippen molar-refractivity contribution < 1.29 is 9.53 Å². The summed E-state index contributed by atoms with van der Waals surface area (Å²) in [4.78, 5) is 13.7. The smallest absolute Gasteiger partial charge is 0.322 e. The quantitative estimate of drug-likeness (QED) is 0.866. The number of ether oxygens (including phenoxy) is 1. The predicted octanol–water partition coefficient (Wildman–Crippen LogP) is 2.62. The molecule has 2 rings (SSSR count). The highest BCUT2D eigenvalue weighted by atomic mass is 79.9. The minimum Gasteiger partial charge on any atom is -0.378 e. The van der Waals surface area contributed by atoms with Crippen LogP contribution in [-0.4, -0.2) is 37.2 Å². The Morgan fingerprint density at radius 1 is 1.41 bits per heavy atom. The Labute approximate surface area is 109 Å². The summed E-state index contributed by atoms with van der Waals surface area (Å²) in [5.41, 5.74) is 1.88. The molecule has 1 aromatic carbocycles. The van der Waals surface area contributed by atoms with Gasteiger partial charge in [-0.05, 0) is 24.6 Å². The molecule has 0 unspecified atom stereocenters. The summed E-state index contributed by atoms with van der Waals surface area (Å²) in [6.45, 7) is 4.51. The number of benzene rings is 1. The van der Waals surface area contributed by atoms with Gasteiger partial charge in [-0.1, -0.05) is 22.0 Å². The van der Waals surface area contributed by atoms with Crippen LogP contribution in [0.5, 0.6) is 0 Å². The van der Waals surface area contributed by atoms with Crippen molar-refractivity contribution in [3.63, 3.8) is 0 Å². The van der Waals surface area contributed by atoms with E-state index in [1.54, 1.807) is 4.90 Å². The zero-order valence-corrected chi connectivity index (χ0v) is 11.3.